The highest BCUT2D eigenvalue weighted by atomic mass is 19.1. The maximum absolute atomic E-state index is 12.7. The molecular weight excluding hydrogens is 181 g/mol. The molecule has 1 aromatic heterocycles. The summed E-state index contributed by atoms with van der Waals surface area (Å²) in [7, 11) is 0. The second kappa shape index (κ2) is 4.40. The van der Waals surface area contributed by atoms with Crippen molar-refractivity contribution in [2.24, 2.45) is 5.92 Å². The van der Waals surface area contributed by atoms with Crippen LogP contribution >= 0.6 is 0 Å². The molecule has 1 aliphatic rings. The summed E-state index contributed by atoms with van der Waals surface area (Å²) >= 11 is 0. The van der Waals surface area contributed by atoms with Gasteiger partial charge in [0.15, 0.2) is 0 Å². The molecule has 1 aromatic rings. The molecule has 0 aromatic carbocycles. The van der Waals surface area contributed by atoms with Crippen molar-refractivity contribution in [2.75, 3.05) is 6.61 Å². The summed E-state index contributed by atoms with van der Waals surface area (Å²) in [5, 5.41) is 0. The average molecular weight is 195 g/mol. The highest BCUT2D eigenvalue weighted by Gasteiger charge is 2.15. The van der Waals surface area contributed by atoms with Crippen molar-refractivity contribution < 1.29 is 9.13 Å². The number of ether oxygens (including phenoxy) is 1. The number of nitrogens with zero attached hydrogens (tertiary/aromatic N) is 1. The normalized spacial score (nSPS) is 17.2. The van der Waals surface area contributed by atoms with Crippen LogP contribution in [0, 0.1) is 11.9 Å². The van der Waals surface area contributed by atoms with Crippen molar-refractivity contribution in [1.82, 2.24) is 4.98 Å². The van der Waals surface area contributed by atoms with Crippen molar-refractivity contribution in [1.29, 1.82) is 0 Å². The third-order valence-electron chi connectivity index (χ3n) is 2.66. The molecule has 2 rings (SSSR count). The lowest BCUT2D eigenvalue weighted by Gasteiger charge is -2.10. The van der Waals surface area contributed by atoms with Gasteiger partial charge in [0.2, 0.25) is 5.95 Å². The van der Waals surface area contributed by atoms with E-state index in [-0.39, 0.29) is 0 Å². The first-order valence-corrected chi connectivity index (χ1v) is 5.09. The summed E-state index contributed by atoms with van der Waals surface area (Å²) in [6.45, 7) is 0.712. The molecule has 0 saturated heterocycles. The van der Waals surface area contributed by atoms with Crippen molar-refractivity contribution in [2.45, 2.75) is 25.7 Å². The molecule has 1 fully saturated rings. The lowest BCUT2D eigenvalue weighted by atomic mass is 10.1. The van der Waals surface area contributed by atoms with Crippen LogP contribution in [0.1, 0.15) is 25.7 Å². The standard InChI is InChI=1S/C11H14FNO/c12-11-7-10(5-6-13-11)14-8-9-3-1-2-4-9/h5-7,9H,1-4,8H2. The first-order chi connectivity index (χ1) is 6.84. The van der Waals surface area contributed by atoms with Crippen LogP contribution in [-0.4, -0.2) is 11.6 Å². The molecule has 0 spiro atoms. The van der Waals surface area contributed by atoms with Crippen molar-refractivity contribution in [3.8, 4) is 5.75 Å². The number of pyridine rings is 1. The Morgan fingerprint density at radius 3 is 2.93 bits per heavy atom. The third kappa shape index (κ3) is 2.44. The molecular formula is C11H14FNO. The Labute approximate surface area is 83.1 Å². The number of halogens is 1. The number of hydrogen-bond acceptors (Lipinski definition) is 2. The maximum Gasteiger partial charge on any atom is 0.216 e. The fourth-order valence-corrected chi connectivity index (χ4v) is 1.87. The van der Waals surface area contributed by atoms with E-state index in [1.54, 1.807) is 6.07 Å². The Morgan fingerprint density at radius 2 is 2.21 bits per heavy atom. The molecule has 14 heavy (non-hydrogen) atoms. The smallest absolute Gasteiger partial charge is 0.216 e. The van der Waals surface area contributed by atoms with Gasteiger partial charge in [0, 0.05) is 12.3 Å². The van der Waals surface area contributed by atoms with E-state index in [0.717, 1.165) is 0 Å². The van der Waals surface area contributed by atoms with Crippen LogP contribution in [-0.2, 0) is 0 Å². The molecule has 0 bridgehead atoms. The Kier molecular flexibility index (Phi) is 2.96. The van der Waals surface area contributed by atoms with Gasteiger partial charge >= 0.3 is 0 Å². The van der Waals surface area contributed by atoms with Crippen molar-refractivity contribution >= 4 is 0 Å². The zero-order valence-corrected chi connectivity index (χ0v) is 8.08. The second-order valence-corrected chi connectivity index (χ2v) is 3.78. The minimum absolute atomic E-state index is 0.478. The average Bonchev–Trinajstić information content (AvgIpc) is 2.67. The summed E-state index contributed by atoms with van der Waals surface area (Å²) in [5.41, 5.74) is 0. The molecule has 0 radical (unpaired) electrons. The van der Waals surface area contributed by atoms with Crippen LogP contribution in [0.3, 0.4) is 0 Å². The highest BCUT2D eigenvalue weighted by Crippen LogP contribution is 2.25. The molecule has 1 aliphatic carbocycles. The van der Waals surface area contributed by atoms with Gasteiger partial charge < -0.3 is 4.74 Å². The van der Waals surface area contributed by atoms with Crippen molar-refractivity contribution in [3.05, 3.63) is 24.3 Å². The lowest BCUT2D eigenvalue weighted by molar-refractivity contribution is 0.250. The predicted molar refractivity (Wildman–Crippen MR) is 51.6 cm³/mol. The van der Waals surface area contributed by atoms with Crippen LogP contribution in [0.2, 0.25) is 0 Å². The molecule has 76 valence electrons. The van der Waals surface area contributed by atoms with Gasteiger partial charge in [0.1, 0.15) is 5.75 Å². The fourth-order valence-electron chi connectivity index (χ4n) is 1.87. The van der Waals surface area contributed by atoms with Crippen LogP contribution in [0.15, 0.2) is 18.3 Å². The minimum atomic E-state index is -0.478. The van der Waals surface area contributed by atoms with Gasteiger partial charge in [-0.1, -0.05) is 12.8 Å². The minimum Gasteiger partial charge on any atom is -0.493 e. The van der Waals surface area contributed by atoms with Gasteiger partial charge in [-0.3, -0.25) is 0 Å². The summed E-state index contributed by atoms with van der Waals surface area (Å²) in [6.07, 6.45) is 6.53. The molecule has 0 unspecified atom stereocenters. The van der Waals surface area contributed by atoms with E-state index >= 15 is 0 Å². The summed E-state index contributed by atoms with van der Waals surface area (Å²) in [6, 6.07) is 3.02. The Balaban J connectivity index is 1.85. The fraction of sp³-hybridized carbons (Fsp3) is 0.545. The summed E-state index contributed by atoms with van der Waals surface area (Å²) in [4.78, 5) is 3.47. The second-order valence-electron chi connectivity index (χ2n) is 3.78. The number of aromatic nitrogens is 1. The third-order valence-corrected chi connectivity index (χ3v) is 2.66. The first-order valence-electron chi connectivity index (χ1n) is 5.09. The zero-order valence-electron chi connectivity index (χ0n) is 8.08. The molecule has 0 atom stereocenters. The molecule has 0 aliphatic heterocycles. The van der Waals surface area contributed by atoms with Crippen LogP contribution in [0.5, 0.6) is 5.75 Å². The Hall–Kier alpha value is -1.12. The van der Waals surface area contributed by atoms with Gasteiger partial charge in [0.05, 0.1) is 6.61 Å². The molecule has 2 nitrogen and oxygen atoms in total. The van der Waals surface area contributed by atoms with Gasteiger partial charge in [-0.2, -0.15) is 4.39 Å². The van der Waals surface area contributed by atoms with E-state index in [9.17, 15) is 4.39 Å². The lowest BCUT2D eigenvalue weighted by Crippen LogP contribution is -2.08. The number of hydrogen-bond donors (Lipinski definition) is 0. The molecule has 0 amide bonds. The molecule has 0 N–H and O–H groups in total. The Morgan fingerprint density at radius 1 is 1.43 bits per heavy atom. The summed E-state index contributed by atoms with van der Waals surface area (Å²) < 4.78 is 18.2. The van der Waals surface area contributed by atoms with Gasteiger partial charge in [-0.15, -0.1) is 0 Å². The zero-order chi connectivity index (χ0) is 9.80. The van der Waals surface area contributed by atoms with E-state index < -0.39 is 5.95 Å². The van der Waals surface area contributed by atoms with E-state index in [1.807, 2.05) is 0 Å². The topological polar surface area (TPSA) is 22.1 Å². The highest BCUT2D eigenvalue weighted by molar-refractivity contribution is 5.17. The van der Waals surface area contributed by atoms with E-state index in [4.69, 9.17) is 4.74 Å². The first kappa shape index (κ1) is 9.44. The van der Waals surface area contributed by atoms with E-state index in [0.29, 0.717) is 18.3 Å². The maximum atomic E-state index is 12.7. The molecule has 1 heterocycles. The monoisotopic (exact) mass is 195 g/mol. The van der Waals surface area contributed by atoms with E-state index in [2.05, 4.69) is 4.98 Å². The molecule has 3 heteroatoms. The van der Waals surface area contributed by atoms with Crippen molar-refractivity contribution in [3.63, 3.8) is 0 Å². The summed E-state index contributed by atoms with van der Waals surface area (Å²) in [5.74, 6) is 0.768. The van der Waals surface area contributed by atoms with Crippen LogP contribution in [0.4, 0.5) is 4.39 Å². The quantitative estimate of drug-likeness (QED) is 0.692. The van der Waals surface area contributed by atoms with Gasteiger partial charge in [0.25, 0.3) is 0 Å². The van der Waals surface area contributed by atoms with Gasteiger partial charge in [-0.25, -0.2) is 4.98 Å². The largest absolute Gasteiger partial charge is 0.493 e. The molecule has 1 saturated carbocycles. The van der Waals surface area contributed by atoms with Crippen LogP contribution < -0.4 is 4.74 Å². The van der Waals surface area contributed by atoms with Gasteiger partial charge in [-0.05, 0) is 24.8 Å². The van der Waals surface area contributed by atoms with Crippen LogP contribution in [0.25, 0.3) is 0 Å². The predicted octanol–water partition coefficient (Wildman–Crippen LogP) is 2.79. The number of rotatable bonds is 3. The Bertz CT molecular complexity index is 297. The van der Waals surface area contributed by atoms with E-state index in [1.165, 1.54) is 37.9 Å². The SMILES string of the molecule is Fc1cc(OCC2CCCC2)ccn1.